The molecule has 0 unspecified atom stereocenters. The van der Waals surface area contributed by atoms with Crippen LogP contribution in [-0.4, -0.2) is 21.3 Å². The van der Waals surface area contributed by atoms with E-state index in [1.807, 2.05) is 6.07 Å². The van der Waals surface area contributed by atoms with Gasteiger partial charge in [0.1, 0.15) is 5.54 Å². The molecule has 0 saturated carbocycles. The second kappa shape index (κ2) is 2.47. The second-order valence-electron chi connectivity index (χ2n) is 2.99. The molecule has 11 heavy (non-hydrogen) atoms. The maximum atomic E-state index is 11.1. The van der Waals surface area contributed by atoms with Crippen molar-refractivity contribution in [3.63, 3.8) is 0 Å². The van der Waals surface area contributed by atoms with Crippen LogP contribution >= 0.6 is 0 Å². The molecule has 0 aromatic rings. The third kappa shape index (κ3) is 1.91. The van der Waals surface area contributed by atoms with E-state index in [9.17, 15) is 4.21 Å². The molecule has 1 saturated heterocycles. The van der Waals surface area contributed by atoms with Gasteiger partial charge in [-0.05, 0) is 12.8 Å². The Hall–Kier alpha value is -0.600. The van der Waals surface area contributed by atoms with Gasteiger partial charge in [-0.1, -0.05) is 0 Å². The summed E-state index contributed by atoms with van der Waals surface area (Å²) in [5, 5.41) is 8.59. The van der Waals surface area contributed by atoms with Crippen LogP contribution in [0.2, 0.25) is 0 Å². The number of hydrogen-bond donors (Lipinski definition) is 2. The number of nitrogens with zero attached hydrogens (tertiary/aromatic N) is 1. The van der Waals surface area contributed by atoms with Crippen molar-refractivity contribution < 1.29 is 4.21 Å². The van der Waals surface area contributed by atoms with Crippen LogP contribution in [0.4, 0.5) is 0 Å². The molecule has 62 valence electrons. The van der Waals surface area contributed by atoms with Gasteiger partial charge in [-0.2, -0.15) is 5.26 Å². The monoisotopic (exact) mass is 173 g/mol. The molecule has 0 aliphatic carbocycles. The maximum absolute atomic E-state index is 11.1. The molecule has 1 heterocycles. The first-order chi connectivity index (χ1) is 4.97. The number of nitrogens with one attached hydrogen (secondary N) is 1. The first-order valence-corrected chi connectivity index (χ1v) is 5.31. The molecule has 0 spiro atoms. The Labute approximate surface area is 66.4 Å². The lowest BCUT2D eigenvalue weighted by molar-refractivity contribution is 0.490. The highest BCUT2D eigenvalue weighted by atomic mass is 32.2. The number of hydrogen-bond acceptors (Lipinski definition) is 4. The van der Waals surface area contributed by atoms with Gasteiger partial charge in [0.2, 0.25) is 0 Å². The van der Waals surface area contributed by atoms with Gasteiger partial charge in [0, 0.05) is 21.2 Å². The van der Waals surface area contributed by atoms with E-state index in [0.29, 0.717) is 12.8 Å². The van der Waals surface area contributed by atoms with Crippen LogP contribution in [0.25, 0.3) is 0 Å². The molecule has 1 rings (SSSR count). The third-order valence-electron chi connectivity index (χ3n) is 1.98. The zero-order chi connectivity index (χ0) is 8.54. The Kier molecular flexibility index (Phi) is 1.90. The van der Waals surface area contributed by atoms with Gasteiger partial charge in [-0.25, -0.2) is 4.21 Å². The summed E-state index contributed by atoms with van der Waals surface area (Å²) in [5.41, 5.74) is 4.79. The molecule has 0 atom stereocenters. The van der Waals surface area contributed by atoms with Crippen molar-refractivity contribution in [3.05, 3.63) is 0 Å². The predicted molar refractivity (Wildman–Crippen MR) is 42.4 cm³/mol. The summed E-state index contributed by atoms with van der Waals surface area (Å²) in [7, 11) is -2.40. The molecule has 1 aliphatic rings. The Balaban J connectivity index is 2.71. The van der Waals surface area contributed by atoms with Crippen LogP contribution in [0.5, 0.6) is 0 Å². The minimum atomic E-state index is -2.40. The van der Waals surface area contributed by atoms with Crippen LogP contribution in [0.1, 0.15) is 12.8 Å². The predicted octanol–water partition coefficient (Wildman–Crippen LogP) is 0.0480. The number of rotatable bonds is 0. The van der Waals surface area contributed by atoms with E-state index in [1.54, 1.807) is 0 Å². The Morgan fingerprint density at radius 1 is 1.55 bits per heavy atom. The van der Waals surface area contributed by atoms with Crippen LogP contribution in [0.3, 0.4) is 0 Å². The molecule has 1 fully saturated rings. The fourth-order valence-corrected chi connectivity index (χ4v) is 2.62. The van der Waals surface area contributed by atoms with Crippen molar-refractivity contribution in [2.24, 2.45) is 5.73 Å². The van der Waals surface area contributed by atoms with E-state index in [1.165, 1.54) is 0 Å². The average molecular weight is 173 g/mol. The molecule has 0 aromatic carbocycles. The van der Waals surface area contributed by atoms with Crippen LogP contribution < -0.4 is 5.73 Å². The largest absolute Gasteiger partial charge is 0.313 e. The van der Waals surface area contributed by atoms with Crippen molar-refractivity contribution in [1.29, 1.82) is 10.0 Å². The summed E-state index contributed by atoms with van der Waals surface area (Å²) in [5.74, 6) is 0.550. The molecule has 1 aliphatic heterocycles. The van der Waals surface area contributed by atoms with E-state index in [0.717, 1.165) is 0 Å². The quantitative estimate of drug-likeness (QED) is 0.542. The smallest absolute Gasteiger partial charge is 0.106 e. The molecular formula is C6H11N3OS. The summed E-state index contributed by atoms with van der Waals surface area (Å²) in [4.78, 5) is 0. The van der Waals surface area contributed by atoms with Gasteiger partial charge >= 0.3 is 0 Å². The minimum absolute atomic E-state index is 0.275. The summed E-state index contributed by atoms with van der Waals surface area (Å²) < 4.78 is 18.4. The molecular weight excluding hydrogens is 162 g/mol. The normalized spacial score (nSPS) is 44.7. The maximum Gasteiger partial charge on any atom is 0.106 e. The van der Waals surface area contributed by atoms with Gasteiger partial charge in [0.25, 0.3) is 0 Å². The van der Waals surface area contributed by atoms with Gasteiger partial charge in [-0.3, -0.25) is 4.78 Å². The van der Waals surface area contributed by atoms with Crippen LogP contribution in [0.15, 0.2) is 0 Å². The molecule has 0 radical (unpaired) electrons. The summed E-state index contributed by atoms with van der Waals surface area (Å²) in [6.45, 7) is 0. The highest BCUT2D eigenvalue weighted by Gasteiger charge is 2.31. The summed E-state index contributed by atoms with van der Waals surface area (Å²) >= 11 is 0. The summed E-state index contributed by atoms with van der Waals surface area (Å²) in [6.07, 6.45) is 0.789. The second-order valence-corrected chi connectivity index (χ2v) is 5.43. The fourth-order valence-electron chi connectivity index (χ4n) is 1.03. The fraction of sp³-hybridized carbons (Fsp3) is 0.833. The van der Waals surface area contributed by atoms with Gasteiger partial charge in [0.15, 0.2) is 0 Å². The van der Waals surface area contributed by atoms with Gasteiger partial charge < -0.3 is 5.73 Å². The van der Waals surface area contributed by atoms with Crippen molar-refractivity contribution >= 4 is 9.73 Å². The molecule has 5 heteroatoms. The van der Waals surface area contributed by atoms with Crippen molar-refractivity contribution in [2.75, 3.05) is 11.5 Å². The Morgan fingerprint density at radius 3 is 2.36 bits per heavy atom. The highest BCUT2D eigenvalue weighted by Crippen LogP contribution is 2.20. The third-order valence-corrected chi connectivity index (χ3v) is 3.71. The lowest BCUT2D eigenvalue weighted by Gasteiger charge is -2.27. The lowest BCUT2D eigenvalue weighted by Crippen LogP contribution is -2.45. The molecule has 0 amide bonds. The number of nitriles is 1. The van der Waals surface area contributed by atoms with Crippen LogP contribution in [0, 0.1) is 16.1 Å². The topological polar surface area (TPSA) is 90.7 Å². The molecule has 0 bridgehead atoms. The molecule has 4 nitrogen and oxygen atoms in total. The Bertz CT molecular complexity index is 273. The van der Waals surface area contributed by atoms with Crippen LogP contribution in [-0.2, 0) is 9.73 Å². The highest BCUT2D eigenvalue weighted by molar-refractivity contribution is 7.92. The first-order valence-electron chi connectivity index (χ1n) is 3.42. The average Bonchev–Trinajstić information content (AvgIpc) is 1.97. The van der Waals surface area contributed by atoms with Gasteiger partial charge in [0.05, 0.1) is 6.07 Å². The number of nitrogens with two attached hydrogens (primary N) is 1. The van der Waals surface area contributed by atoms with E-state index in [4.69, 9.17) is 15.8 Å². The van der Waals surface area contributed by atoms with E-state index in [2.05, 4.69) is 0 Å². The van der Waals surface area contributed by atoms with Crippen molar-refractivity contribution in [3.8, 4) is 6.07 Å². The lowest BCUT2D eigenvalue weighted by atomic mass is 9.96. The Morgan fingerprint density at radius 2 is 2.00 bits per heavy atom. The molecule has 0 aromatic heterocycles. The van der Waals surface area contributed by atoms with E-state index in [-0.39, 0.29) is 11.5 Å². The van der Waals surface area contributed by atoms with E-state index >= 15 is 0 Å². The standard InChI is InChI=1S/C6H11N3OS/c7-5-6(8)1-3-11(9,10)4-2-6/h9H,1-4,8H2. The first kappa shape index (κ1) is 8.50. The molecule has 3 N–H and O–H groups in total. The van der Waals surface area contributed by atoms with Crippen molar-refractivity contribution in [2.45, 2.75) is 18.4 Å². The summed E-state index contributed by atoms with van der Waals surface area (Å²) in [6, 6.07) is 1.99. The van der Waals surface area contributed by atoms with E-state index < -0.39 is 15.3 Å². The zero-order valence-electron chi connectivity index (χ0n) is 6.17. The SMILES string of the molecule is N#CC1(N)CCS(=N)(=O)CC1. The minimum Gasteiger partial charge on any atom is -0.313 e. The van der Waals surface area contributed by atoms with Crippen molar-refractivity contribution in [1.82, 2.24) is 0 Å². The zero-order valence-corrected chi connectivity index (χ0v) is 6.99. The van der Waals surface area contributed by atoms with Gasteiger partial charge in [-0.15, -0.1) is 0 Å².